The Labute approximate surface area is 159 Å². The number of ether oxygens (including phenoxy) is 1. The van der Waals surface area contributed by atoms with Gasteiger partial charge in [0.25, 0.3) is 5.91 Å². The minimum atomic E-state index is -0.333. The molecule has 3 aromatic rings. The molecule has 0 spiro atoms. The number of carbonyl (C=O) groups is 1. The molecule has 3 heterocycles. The van der Waals surface area contributed by atoms with Crippen molar-refractivity contribution in [2.75, 3.05) is 19.8 Å². The highest BCUT2D eigenvalue weighted by atomic mass is 32.1. The van der Waals surface area contributed by atoms with Gasteiger partial charge in [-0.25, -0.2) is 0 Å². The van der Waals surface area contributed by atoms with Gasteiger partial charge < -0.3 is 15.2 Å². The SMILES string of the molecule is O=C(NCc1nnc(-c2ccccc2)s1)c1cn(CC2(CO)COC2)nn1. The summed E-state index contributed by atoms with van der Waals surface area (Å²) in [5.41, 5.74) is 0.881. The van der Waals surface area contributed by atoms with E-state index in [4.69, 9.17) is 4.74 Å². The Morgan fingerprint density at radius 2 is 2.07 bits per heavy atom. The molecule has 1 fully saturated rings. The zero-order valence-electron chi connectivity index (χ0n) is 14.4. The summed E-state index contributed by atoms with van der Waals surface area (Å²) >= 11 is 1.43. The number of nitrogens with zero attached hydrogens (tertiary/aromatic N) is 5. The van der Waals surface area contributed by atoms with Crippen molar-refractivity contribution in [3.8, 4) is 10.6 Å². The Morgan fingerprint density at radius 3 is 2.78 bits per heavy atom. The molecule has 0 bridgehead atoms. The summed E-state index contributed by atoms with van der Waals surface area (Å²) in [5, 5.41) is 29.9. The molecule has 4 rings (SSSR count). The van der Waals surface area contributed by atoms with Crippen molar-refractivity contribution in [3.63, 3.8) is 0 Å². The summed E-state index contributed by atoms with van der Waals surface area (Å²) in [6.07, 6.45) is 1.57. The number of amides is 1. The number of carbonyl (C=O) groups excluding carboxylic acids is 1. The molecule has 1 saturated heterocycles. The summed E-state index contributed by atoms with van der Waals surface area (Å²) in [7, 11) is 0. The molecule has 0 radical (unpaired) electrons. The van der Waals surface area contributed by atoms with Crippen LogP contribution in [0.1, 0.15) is 15.5 Å². The molecule has 2 N–H and O–H groups in total. The molecule has 0 atom stereocenters. The van der Waals surface area contributed by atoms with E-state index in [1.807, 2.05) is 30.3 Å². The van der Waals surface area contributed by atoms with E-state index in [0.717, 1.165) is 10.6 Å². The van der Waals surface area contributed by atoms with Crippen molar-refractivity contribution in [1.29, 1.82) is 0 Å². The maximum Gasteiger partial charge on any atom is 0.273 e. The first-order chi connectivity index (χ1) is 13.2. The van der Waals surface area contributed by atoms with Crippen LogP contribution in [0.15, 0.2) is 36.5 Å². The summed E-state index contributed by atoms with van der Waals surface area (Å²) in [4.78, 5) is 12.3. The van der Waals surface area contributed by atoms with Crippen molar-refractivity contribution >= 4 is 17.2 Å². The fourth-order valence-electron chi connectivity index (χ4n) is 2.72. The standard InChI is InChI=1S/C17H18N6O3S/c24-9-17(10-26-11-17)8-23-7-13(19-22-23)15(25)18-6-14-20-21-16(27-14)12-4-2-1-3-5-12/h1-5,7,24H,6,8-11H2,(H,18,25). The number of hydrogen-bond donors (Lipinski definition) is 2. The van der Waals surface area contributed by atoms with Crippen LogP contribution in [0.2, 0.25) is 0 Å². The zero-order valence-corrected chi connectivity index (χ0v) is 15.2. The Hall–Kier alpha value is -2.69. The molecule has 0 saturated carbocycles. The van der Waals surface area contributed by atoms with Crippen LogP contribution < -0.4 is 5.32 Å². The predicted octanol–water partition coefficient (Wildman–Crippen LogP) is 0.735. The first-order valence-corrected chi connectivity index (χ1v) is 9.24. The average molecular weight is 386 g/mol. The highest BCUT2D eigenvalue weighted by Crippen LogP contribution is 2.28. The number of aromatic nitrogens is 5. The van der Waals surface area contributed by atoms with Gasteiger partial charge in [-0.1, -0.05) is 46.9 Å². The second-order valence-electron chi connectivity index (χ2n) is 6.50. The number of rotatable bonds is 7. The largest absolute Gasteiger partial charge is 0.396 e. The first kappa shape index (κ1) is 17.7. The van der Waals surface area contributed by atoms with Gasteiger partial charge in [-0.05, 0) is 0 Å². The van der Waals surface area contributed by atoms with E-state index in [1.54, 1.807) is 10.9 Å². The molecule has 2 aromatic heterocycles. The van der Waals surface area contributed by atoms with Crippen molar-refractivity contribution in [3.05, 3.63) is 47.2 Å². The van der Waals surface area contributed by atoms with Crippen LogP contribution in [-0.2, 0) is 17.8 Å². The van der Waals surface area contributed by atoms with Crippen LogP contribution in [0.3, 0.4) is 0 Å². The summed E-state index contributed by atoms with van der Waals surface area (Å²) in [6, 6.07) is 9.76. The Kier molecular flexibility index (Phi) is 4.92. The van der Waals surface area contributed by atoms with Crippen LogP contribution in [0.4, 0.5) is 0 Å². The molecule has 0 unspecified atom stereocenters. The number of nitrogens with one attached hydrogen (secondary N) is 1. The highest BCUT2D eigenvalue weighted by Gasteiger charge is 2.39. The molecule has 0 aliphatic carbocycles. The smallest absolute Gasteiger partial charge is 0.273 e. The van der Waals surface area contributed by atoms with Gasteiger partial charge in [-0.3, -0.25) is 9.48 Å². The Balaban J connectivity index is 1.34. The fourth-order valence-corrected chi connectivity index (χ4v) is 3.50. The molecular weight excluding hydrogens is 368 g/mol. The molecule has 1 aromatic carbocycles. The third-order valence-corrected chi connectivity index (χ3v) is 5.28. The van der Waals surface area contributed by atoms with Crippen molar-refractivity contribution < 1.29 is 14.6 Å². The summed E-state index contributed by atoms with van der Waals surface area (Å²) in [6.45, 7) is 1.69. The lowest BCUT2D eigenvalue weighted by molar-refractivity contribution is -0.146. The van der Waals surface area contributed by atoms with E-state index < -0.39 is 0 Å². The van der Waals surface area contributed by atoms with Crippen molar-refractivity contribution in [1.82, 2.24) is 30.5 Å². The average Bonchev–Trinajstić information content (AvgIpc) is 3.33. The summed E-state index contributed by atoms with van der Waals surface area (Å²) in [5.74, 6) is -0.333. The van der Waals surface area contributed by atoms with E-state index in [1.165, 1.54) is 11.3 Å². The van der Waals surface area contributed by atoms with E-state index >= 15 is 0 Å². The molecule has 10 heteroatoms. The highest BCUT2D eigenvalue weighted by molar-refractivity contribution is 7.14. The van der Waals surface area contributed by atoms with Gasteiger partial charge in [0, 0.05) is 5.56 Å². The molecule has 27 heavy (non-hydrogen) atoms. The number of aliphatic hydroxyl groups is 1. The summed E-state index contributed by atoms with van der Waals surface area (Å²) < 4.78 is 6.73. The quantitative estimate of drug-likeness (QED) is 0.615. The van der Waals surface area contributed by atoms with Crippen LogP contribution in [0, 0.1) is 5.41 Å². The third kappa shape index (κ3) is 3.87. The van der Waals surface area contributed by atoms with E-state index in [9.17, 15) is 9.90 Å². The van der Waals surface area contributed by atoms with Crippen LogP contribution in [0.25, 0.3) is 10.6 Å². The molecule has 1 aliphatic heterocycles. The van der Waals surface area contributed by atoms with Gasteiger partial charge in [0.1, 0.15) is 10.0 Å². The maximum absolute atomic E-state index is 12.3. The van der Waals surface area contributed by atoms with Crippen LogP contribution >= 0.6 is 11.3 Å². The first-order valence-electron chi connectivity index (χ1n) is 8.42. The van der Waals surface area contributed by atoms with Gasteiger partial charge in [0.05, 0.1) is 44.5 Å². The van der Waals surface area contributed by atoms with Crippen molar-refractivity contribution in [2.45, 2.75) is 13.1 Å². The second kappa shape index (κ2) is 7.51. The van der Waals surface area contributed by atoms with Gasteiger partial charge in [-0.15, -0.1) is 15.3 Å². The Bertz CT molecular complexity index is 916. The fraction of sp³-hybridized carbons (Fsp3) is 0.353. The van der Waals surface area contributed by atoms with Crippen molar-refractivity contribution in [2.24, 2.45) is 5.41 Å². The lowest BCUT2D eigenvalue weighted by Gasteiger charge is -2.39. The predicted molar refractivity (Wildman–Crippen MR) is 96.9 cm³/mol. The van der Waals surface area contributed by atoms with Gasteiger partial charge in [-0.2, -0.15) is 0 Å². The second-order valence-corrected chi connectivity index (χ2v) is 7.56. The number of aliphatic hydroxyl groups excluding tert-OH is 1. The number of benzene rings is 1. The van der Waals surface area contributed by atoms with Crippen LogP contribution in [-0.4, -0.2) is 56.0 Å². The minimum absolute atomic E-state index is 0.00911. The maximum atomic E-state index is 12.3. The van der Waals surface area contributed by atoms with E-state index in [2.05, 4.69) is 25.8 Å². The lowest BCUT2D eigenvalue weighted by Crippen LogP contribution is -2.48. The van der Waals surface area contributed by atoms with Gasteiger partial charge >= 0.3 is 0 Å². The molecule has 1 amide bonds. The van der Waals surface area contributed by atoms with Gasteiger partial charge in [0.2, 0.25) is 0 Å². The normalized spacial score (nSPS) is 15.3. The molecular formula is C17H18N6O3S. The molecule has 9 nitrogen and oxygen atoms in total. The topological polar surface area (TPSA) is 115 Å². The van der Waals surface area contributed by atoms with Crippen LogP contribution in [0.5, 0.6) is 0 Å². The Morgan fingerprint density at radius 1 is 1.26 bits per heavy atom. The third-order valence-electron chi connectivity index (χ3n) is 4.31. The molecule has 140 valence electrons. The lowest BCUT2D eigenvalue weighted by atomic mass is 9.87. The van der Waals surface area contributed by atoms with Gasteiger partial charge in [0.15, 0.2) is 5.69 Å². The monoisotopic (exact) mass is 386 g/mol. The minimum Gasteiger partial charge on any atom is -0.396 e. The van der Waals surface area contributed by atoms with E-state index in [0.29, 0.717) is 24.8 Å². The number of hydrogen-bond acceptors (Lipinski definition) is 8. The molecule has 1 aliphatic rings. The zero-order chi connectivity index (χ0) is 18.7. The van der Waals surface area contributed by atoms with E-state index in [-0.39, 0.29) is 30.2 Å².